The number of likely N-dealkylation sites (N-methyl/N-ethyl adjacent to an activating group) is 1. The molecule has 0 aliphatic rings. The van der Waals surface area contributed by atoms with Crippen molar-refractivity contribution in [2.24, 2.45) is 5.92 Å². The van der Waals surface area contributed by atoms with Gasteiger partial charge in [-0.3, -0.25) is 20.7 Å². The van der Waals surface area contributed by atoms with Crippen molar-refractivity contribution >= 4 is 55.9 Å². The van der Waals surface area contributed by atoms with Gasteiger partial charge < -0.3 is 44.1 Å². The number of thioether (sulfide) groups is 1. The zero-order valence-corrected chi connectivity index (χ0v) is 35.3. The molecule has 0 spiro atoms. The van der Waals surface area contributed by atoms with Gasteiger partial charge in [-0.25, -0.2) is 0 Å². The second kappa shape index (κ2) is 31.7. The molecule has 51 heavy (non-hydrogen) atoms. The number of aliphatic hydroxyl groups is 1. The quantitative estimate of drug-likeness (QED) is 0.0315. The van der Waals surface area contributed by atoms with Crippen molar-refractivity contribution in [2.45, 2.75) is 134 Å². The zero-order chi connectivity index (χ0) is 37.8. The first kappa shape index (κ1) is 51.3. The molecule has 292 valence electrons. The smallest absolute Gasteiger partial charge is 0.550 e. The number of aliphatic carboxylic acids is 3. The Kier molecular flexibility index (Phi) is 31.8. The van der Waals surface area contributed by atoms with Crippen LogP contribution in [0.5, 0.6) is 0 Å². The number of furan rings is 1. The van der Waals surface area contributed by atoms with Crippen molar-refractivity contribution in [3.63, 3.8) is 0 Å². The molecule has 0 aliphatic carbocycles. The van der Waals surface area contributed by atoms with Crippen LogP contribution in [0.2, 0.25) is 0 Å². The number of carboxylic acids is 3. The minimum atomic E-state index is -3.02. The molecule has 1 rings (SSSR count). The van der Waals surface area contributed by atoms with Gasteiger partial charge in [0, 0.05) is 41.5 Å². The minimum absolute atomic E-state index is 0. The van der Waals surface area contributed by atoms with E-state index in [1.807, 2.05) is 26.2 Å². The van der Waals surface area contributed by atoms with Gasteiger partial charge >= 0.3 is 26.2 Å². The van der Waals surface area contributed by atoms with Crippen molar-refractivity contribution < 1.29 is 44.2 Å². The van der Waals surface area contributed by atoms with Crippen LogP contribution in [0.25, 0.3) is 0 Å². The monoisotopic (exact) mass is 938 g/mol. The molecule has 0 saturated carbocycles. The SMILES string of the molecule is CCCCCCCCCCCCCCCCC(C(=O)[O-])C(O)(CC(=O)[O-])C(=O)[O-].CNC(C[N+](=O)[O-])NCCSCc1ccc(CN(C)C)o1.[Bi+3]. The Hall–Kier alpha value is -1.84. The van der Waals surface area contributed by atoms with Crippen molar-refractivity contribution in [3.05, 3.63) is 33.8 Å². The van der Waals surface area contributed by atoms with Gasteiger partial charge in [-0.2, -0.15) is 11.8 Å². The number of hydrogen-bond acceptors (Lipinski definition) is 14. The average molecular weight is 939 g/mol. The van der Waals surface area contributed by atoms with Gasteiger partial charge in [0.25, 0.3) is 0 Å². The first-order valence-electron chi connectivity index (χ1n) is 17.9. The van der Waals surface area contributed by atoms with Crippen LogP contribution in [0.3, 0.4) is 0 Å². The molecule has 3 N–H and O–H groups in total. The Balaban J connectivity index is 0. The number of nitrogens with zero attached hydrogens (tertiary/aromatic N) is 2. The summed E-state index contributed by atoms with van der Waals surface area (Å²) in [4.78, 5) is 45.2. The summed E-state index contributed by atoms with van der Waals surface area (Å²) in [5.41, 5.74) is -3.02. The molecule has 14 nitrogen and oxygen atoms in total. The fourth-order valence-electron chi connectivity index (χ4n) is 5.43. The van der Waals surface area contributed by atoms with Crippen LogP contribution in [0.1, 0.15) is 121 Å². The molecule has 3 atom stereocenters. The summed E-state index contributed by atoms with van der Waals surface area (Å²) in [6.07, 6.45) is 13.8. The Bertz CT molecular complexity index is 1080. The maximum absolute atomic E-state index is 11.2. The van der Waals surface area contributed by atoms with Crippen LogP contribution in [0, 0.1) is 16.0 Å². The number of nitrogens with one attached hydrogen (secondary N) is 2. The fourth-order valence-corrected chi connectivity index (χ4v) is 6.20. The number of unbranched alkanes of at least 4 members (excludes halogenated alkanes) is 13. The van der Waals surface area contributed by atoms with E-state index in [9.17, 15) is 44.9 Å². The van der Waals surface area contributed by atoms with Crippen molar-refractivity contribution in [1.29, 1.82) is 0 Å². The van der Waals surface area contributed by atoms with Crippen LogP contribution < -0.4 is 26.0 Å². The normalized spacial score (nSPS) is 13.4. The molecule has 0 bridgehead atoms. The standard InChI is InChI=1S/C22H40O7.C13H24N4O3S.Bi/c1-2-3-4-5-6-7-8-9-10-11-12-13-14-15-16-18(20(25)26)22(29,21(27)28)17-19(23)24;1-14-13(9-17(18)19)15-6-7-21-10-12-5-4-11(20-12)8-16(2)3;/h18,29H,2-17H2,1H3,(H,23,24)(H,25,26)(H,27,28);4-5,13-15H,6-10H2,1-3H3;/q;;+3/p-3. The van der Waals surface area contributed by atoms with Gasteiger partial charge in [0.1, 0.15) is 23.3 Å². The first-order chi connectivity index (χ1) is 23.8. The van der Waals surface area contributed by atoms with E-state index in [4.69, 9.17) is 4.42 Å². The molecule has 1 aromatic rings. The Morgan fingerprint density at radius 2 is 1.43 bits per heavy atom. The Morgan fingerprint density at radius 1 is 0.922 bits per heavy atom. The van der Waals surface area contributed by atoms with E-state index >= 15 is 0 Å². The van der Waals surface area contributed by atoms with Gasteiger partial charge in [-0.05, 0) is 39.7 Å². The van der Waals surface area contributed by atoms with Crippen LogP contribution >= 0.6 is 11.8 Å². The molecule has 0 aromatic carbocycles. The van der Waals surface area contributed by atoms with Crippen LogP contribution in [0.4, 0.5) is 0 Å². The number of rotatable bonds is 31. The predicted molar refractivity (Wildman–Crippen MR) is 194 cm³/mol. The van der Waals surface area contributed by atoms with Gasteiger partial charge in [-0.15, -0.1) is 0 Å². The molecule has 1 aromatic heterocycles. The second-order valence-electron chi connectivity index (χ2n) is 13.0. The van der Waals surface area contributed by atoms with Crippen LogP contribution in [-0.2, 0) is 26.7 Å². The molecule has 0 fully saturated rings. The number of nitro groups is 1. The molecule has 2 radical (unpaired) electrons. The largest absolute Gasteiger partial charge is 3.00 e. The Labute approximate surface area is 327 Å². The molecule has 3 unspecified atom stereocenters. The summed E-state index contributed by atoms with van der Waals surface area (Å²) in [5.74, 6) is -4.02. The summed E-state index contributed by atoms with van der Waals surface area (Å²) >= 11 is 1.74. The third-order valence-corrected chi connectivity index (χ3v) is 9.21. The fraction of sp³-hybridized carbons (Fsp3) is 0.800. The third kappa shape index (κ3) is 26.6. The predicted octanol–water partition coefficient (Wildman–Crippen LogP) is 1.45. The first-order valence-corrected chi connectivity index (χ1v) is 19.1. The maximum Gasteiger partial charge on any atom is 3.00 e. The molecule has 1 heterocycles. The molecule has 16 heteroatoms. The summed E-state index contributed by atoms with van der Waals surface area (Å²) in [7, 11) is 5.72. The number of hydrogen-bond donors (Lipinski definition) is 3. The van der Waals surface area contributed by atoms with E-state index in [1.54, 1.807) is 18.8 Å². The molecule has 0 aliphatic heterocycles. The number of carbonyl (C=O) groups excluding carboxylic acids is 3. The van der Waals surface area contributed by atoms with E-state index in [1.165, 1.54) is 57.8 Å². The van der Waals surface area contributed by atoms with Crippen molar-refractivity contribution in [1.82, 2.24) is 15.5 Å². The third-order valence-electron chi connectivity index (χ3n) is 8.23. The zero-order valence-electron chi connectivity index (χ0n) is 31.0. The molecular weight excluding hydrogens is 877 g/mol. The minimum Gasteiger partial charge on any atom is -0.550 e. The van der Waals surface area contributed by atoms with Gasteiger partial charge in [0.05, 0.1) is 18.3 Å². The van der Waals surface area contributed by atoms with E-state index in [2.05, 4.69) is 22.5 Å². The number of carboxylic acid groups (broad SMARTS) is 3. The summed E-state index contributed by atoms with van der Waals surface area (Å²) in [6.45, 7) is 3.62. The maximum atomic E-state index is 11.2. The van der Waals surface area contributed by atoms with Gasteiger partial charge in [-0.1, -0.05) is 96.8 Å². The van der Waals surface area contributed by atoms with E-state index in [-0.39, 0.29) is 50.3 Å². The number of carbonyl (C=O) groups is 3. The Morgan fingerprint density at radius 3 is 1.86 bits per heavy atom. The summed E-state index contributed by atoms with van der Waals surface area (Å²) in [5, 5.41) is 59.4. The molecule has 0 saturated heterocycles. The summed E-state index contributed by atoms with van der Waals surface area (Å²) < 4.78 is 5.71. The van der Waals surface area contributed by atoms with E-state index in [0.29, 0.717) is 12.8 Å². The van der Waals surface area contributed by atoms with Crippen LogP contribution in [-0.4, -0.2) is 111 Å². The van der Waals surface area contributed by atoms with E-state index < -0.39 is 35.8 Å². The van der Waals surface area contributed by atoms with Crippen molar-refractivity contribution in [2.75, 3.05) is 40.0 Å². The summed E-state index contributed by atoms with van der Waals surface area (Å²) in [6, 6.07) is 4.00. The van der Waals surface area contributed by atoms with Gasteiger partial charge in [0.2, 0.25) is 6.54 Å². The second-order valence-corrected chi connectivity index (χ2v) is 14.1. The van der Waals surface area contributed by atoms with Crippen molar-refractivity contribution in [3.8, 4) is 0 Å². The van der Waals surface area contributed by atoms with E-state index in [0.717, 1.165) is 55.4 Å². The molecular formula is C35H61BiN4O10S. The topological polar surface area (TPSA) is 224 Å². The van der Waals surface area contributed by atoms with Crippen LogP contribution in [0.15, 0.2) is 16.5 Å². The van der Waals surface area contributed by atoms with Gasteiger partial charge in [0.15, 0.2) is 0 Å². The molecule has 0 amide bonds. The average Bonchev–Trinajstić information content (AvgIpc) is 3.47.